The molecule has 7 nitrogen and oxygen atoms in total. The van der Waals surface area contributed by atoms with Crippen LogP contribution in [0.25, 0.3) is 10.8 Å². The van der Waals surface area contributed by atoms with Crippen LogP contribution in [0.4, 0.5) is 0 Å². The molecule has 0 aliphatic heterocycles. The third kappa shape index (κ3) is 7.14. The van der Waals surface area contributed by atoms with Gasteiger partial charge >= 0.3 is 5.97 Å². The number of aliphatic hydroxyl groups is 1. The Morgan fingerprint density at radius 3 is 2.27 bits per heavy atom. The van der Waals surface area contributed by atoms with Crippen molar-refractivity contribution in [2.75, 3.05) is 13.2 Å². The molecule has 40 heavy (non-hydrogen) atoms. The summed E-state index contributed by atoms with van der Waals surface area (Å²) in [5, 5.41) is 25.6. The second-order valence-electron chi connectivity index (χ2n) is 10.6. The summed E-state index contributed by atoms with van der Waals surface area (Å²) in [5.74, 6) is -1.13. The van der Waals surface area contributed by atoms with Crippen LogP contribution in [0, 0.1) is 0 Å². The molecule has 0 aliphatic rings. The highest BCUT2D eigenvalue weighted by atomic mass is 32.2. The predicted octanol–water partition coefficient (Wildman–Crippen LogP) is 5.42. The molecule has 0 saturated carbocycles. The van der Waals surface area contributed by atoms with Gasteiger partial charge in [0.1, 0.15) is 0 Å². The molecule has 8 heteroatoms. The molecule has 1 unspecified atom stereocenters. The van der Waals surface area contributed by atoms with Crippen molar-refractivity contribution in [3.63, 3.8) is 0 Å². The molecule has 4 aromatic carbocycles. The van der Waals surface area contributed by atoms with Crippen molar-refractivity contribution in [1.29, 1.82) is 0 Å². The molecular formula is C32H35NO6S. The number of β-amino-alcohol motifs (C(OH)–C–C–N with tert-alkyl or cyclic N) is 1. The van der Waals surface area contributed by atoms with Gasteiger partial charge < -0.3 is 20.3 Å². The molecule has 4 rings (SSSR count). The average Bonchev–Trinajstić information content (AvgIpc) is 2.94. The molecule has 2 atom stereocenters. The number of aromatic carboxylic acids is 1. The van der Waals surface area contributed by atoms with Gasteiger partial charge in [-0.2, -0.15) is 0 Å². The number of hydrogen-bond donors (Lipinski definition) is 3. The van der Waals surface area contributed by atoms with Crippen molar-refractivity contribution in [2.24, 2.45) is 0 Å². The van der Waals surface area contributed by atoms with Crippen molar-refractivity contribution in [1.82, 2.24) is 5.32 Å². The summed E-state index contributed by atoms with van der Waals surface area (Å²) in [7, 11) is -3.92. The summed E-state index contributed by atoms with van der Waals surface area (Å²) < 4.78 is 32.6. The zero-order valence-electron chi connectivity index (χ0n) is 22.9. The third-order valence-corrected chi connectivity index (χ3v) is 8.72. The Balaban J connectivity index is 1.36. The molecule has 0 spiro atoms. The minimum absolute atomic E-state index is 0.00460. The summed E-state index contributed by atoms with van der Waals surface area (Å²) in [6.07, 6.45) is -0.629. The van der Waals surface area contributed by atoms with Gasteiger partial charge in [0.2, 0.25) is 9.84 Å². The lowest BCUT2D eigenvalue weighted by Crippen LogP contribution is -2.46. The quantitative estimate of drug-likeness (QED) is 0.212. The van der Waals surface area contributed by atoms with E-state index < -0.39 is 28.0 Å². The second-order valence-corrected chi connectivity index (χ2v) is 12.5. The van der Waals surface area contributed by atoms with E-state index in [1.54, 1.807) is 25.1 Å². The van der Waals surface area contributed by atoms with Crippen molar-refractivity contribution in [2.45, 2.75) is 54.7 Å². The second kappa shape index (κ2) is 12.3. The summed E-state index contributed by atoms with van der Waals surface area (Å²) in [4.78, 5) is 11.2. The number of rotatable bonds is 12. The normalized spacial score (nSPS) is 13.7. The number of hydrogen-bond acceptors (Lipinski definition) is 6. The van der Waals surface area contributed by atoms with Crippen LogP contribution in [0.5, 0.6) is 0 Å². The van der Waals surface area contributed by atoms with Crippen LogP contribution >= 0.6 is 0 Å². The molecule has 0 fully saturated rings. The SMILES string of the molecule is CC(OC[C@@H](O)CNC(C)(C)Cc1ccc2ccccc2c1)c1ccccc1S(=O)(=O)c1ccc(C(=O)O)cc1. The maximum atomic E-state index is 13.4. The van der Waals surface area contributed by atoms with Gasteiger partial charge in [-0.1, -0.05) is 60.7 Å². The fraction of sp³-hybridized carbons (Fsp3) is 0.281. The van der Waals surface area contributed by atoms with Crippen LogP contribution in [0.15, 0.2) is 101 Å². The first-order chi connectivity index (χ1) is 19.0. The average molecular weight is 562 g/mol. The largest absolute Gasteiger partial charge is 0.478 e. The highest BCUT2D eigenvalue weighted by Gasteiger charge is 2.25. The lowest BCUT2D eigenvalue weighted by atomic mass is 9.93. The first kappa shape index (κ1) is 29.4. The number of carbonyl (C=O) groups is 1. The Morgan fingerprint density at radius 2 is 1.57 bits per heavy atom. The van der Waals surface area contributed by atoms with Gasteiger partial charge in [-0.15, -0.1) is 0 Å². The van der Waals surface area contributed by atoms with Gasteiger partial charge in [0.25, 0.3) is 0 Å². The third-order valence-electron chi connectivity index (χ3n) is 6.87. The standard InChI is InChI=1S/C32H35NO6S/c1-22(29-10-6-7-11-30(29)40(37,38)28-16-14-25(15-17-28)31(35)36)39-21-27(34)20-33-32(2,3)19-23-12-13-24-8-4-5-9-26(24)18-23/h4-18,22,27,33-34H,19-21H2,1-3H3,(H,35,36)/t22?,27-/m0/s1. The molecule has 0 radical (unpaired) electrons. The molecule has 0 aliphatic carbocycles. The van der Waals surface area contributed by atoms with Crippen LogP contribution in [0.3, 0.4) is 0 Å². The van der Waals surface area contributed by atoms with Crippen molar-refractivity contribution in [3.8, 4) is 0 Å². The number of aliphatic hydroxyl groups excluding tert-OH is 1. The van der Waals surface area contributed by atoms with Crippen LogP contribution in [-0.2, 0) is 21.0 Å². The summed E-state index contributed by atoms with van der Waals surface area (Å²) >= 11 is 0. The zero-order chi connectivity index (χ0) is 28.9. The van der Waals surface area contributed by atoms with Crippen LogP contribution in [-0.4, -0.2) is 49.4 Å². The Hall–Kier alpha value is -3.56. The van der Waals surface area contributed by atoms with E-state index in [0.717, 1.165) is 6.42 Å². The minimum atomic E-state index is -3.92. The monoisotopic (exact) mass is 561 g/mol. The number of ether oxygens (including phenoxy) is 1. The highest BCUT2D eigenvalue weighted by Crippen LogP contribution is 2.30. The van der Waals surface area contributed by atoms with E-state index in [0.29, 0.717) is 12.1 Å². The van der Waals surface area contributed by atoms with Gasteiger partial charge in [-0.25, -0.2) is 13.2 Å². The Morgan fingerprint density at radius 1 is 0.925 bits per heavy atom. The van der Waals surface area contributed by atoms with Crippen LogP contribution in [0.1, 0.15) is 48.4 Å². The Labute approximate surface area is 235 Å². The fourth-order valence-corrected chi connectivity index (χ4v) is 6.23. The molecule has 210 valence electrons. The Bertz CT molecular complexity index is 1580. The minimum Gasteiger partial charge on any atom is -0.478 e. The van der Waals surface area contributed by atoms with Gasteiger partial charge in [-0.05, 0) is 79.4 Å². The number of fused-ring (bicyclic) bond motifs is 1. The lowest BCUT2D eigenvalue weighted by molar-refractivity contribution is -0.00517. The van der Waals surface area contributed by atoms with Gasteiger partial charge in [0, 0.05) is 12.1 Å². The van der Waals surface area contributed by atoms with E-state index in [1.165, 1.54) is 46.7 Å². The van der Waals surface area contributed by atoms with Gasteiger partial charge in [0.15, 0.2) is 0 Å². The van der Waals surface area contributed by atoms with Gasteiger partial charge in [0.05, 0.1) is 34.2 Å². The number of carboxylic acids is 1. The number of nitrogens with one attached hydrogen (secondary N) is 1. The van der Waals surface area contributed by atoms with E-state index in [1.807, 2.05) is 12.1 Å². The van der Waals surface area contributed by atoms with Crippen LogP contribution in [0.2, 0.25) is 0 Å². The molecule has 3 N–H and O–H groups in total. The maximum Gasteiger partial charge on any atom is 0.335 e. The summed E-state index contributed by atoms with van der Waals surface area (Å²) in [6, 6.07) is 26.3. The maximum absolute atomic E-state index is 13.4. The van der Waals surface area contributed by atoms with Crippen molar-refractivity contribution < 1.29 is 28.2 Å². The molecule has 0 saturated heterocycles. The Kier molecular flexibility index (Phi) is 9.05. The van der Waals surface area contributed by atoms with Crippen molar-refractivity contribution >= 4 is 26.6 Å². The molecule has 0 heterocycles. The van der Waals surface area contributed by atoms with E-state index in [-0.39, 0.29) is 27.5 Å². The van der Waals surface area contributed by atoms with Gasteiger partial charge in [-0.3, -0.25) is 0 Å². The molecule has 4 aromatic rings. The van der Waals surface area contributed by atoms with Crippen LogP contribution < -0.4 is 5.32 Å². The number of benzene rings is 4. The smallest absolute Gasteiger partial charge is 0.335 e. The van der Waals surface area contributed by atoms with E-state index in [2.05, 4.69) is 49.5 Å². The summed E-state index contributed by atoms with van der Waals surface area (Å²) in [5.41, 5.74) is 1.39. The summed E-state index contributed by atoms with van der Waals surface area (Å²) in [6.45, 7) is 6.24. The molecule has 0 aromatic heterocycles. The molecule has 0 bridgehead atoms. The van der Waals surface area contributed by atoms with E-state index in [4.69, 9.17) is 9.84 Å². The first-order valence-electron chi connectivity index (χ1n) is 13.2. The topological polar surface area (TPSA) is 113 Å². The number of sulfone groups is 1. The lowest BCUT2D eigenvalue weighted by Gasteiger charge is -2.28. The predicted molar refractivity (Wildman–Crippen MR) is 155 cm³/mol. The number of carboxylic acid groups (broad SMARTS) is 1. The first-order valence-corrected chi connectivity index (χ1v) is 14.6. The van der Waals surface area contributed by atoms with E-state index >= 15 is 0 Å². The molecular weight excluding hydrogens is 526 g/mol. The van der Waals surface area contributed by atoms with Crippen molar-refractivity contribution in [3.05, 3.63) is 108 Å². The highest BCUT2D eigenvalue weighted by molar-refractivity contribution is 7.91. The van der Waals surface area contributed by atoms with E-state index in [9.17, 15) is 18.3 Å². The fourth-order valence-electron chi connectivity index (χ4n) is 4.68. The molecule has 0 amide bonds. The zero-order valence-corrected chi connectivity index (χ0v) is 23.7.